The summed E-state index contributed by atoms with van der Waals surface area (Å²) in [5.74, 6) is 0. The van der Waals surface area contributed by atoms with E-state index >= 15 is 0 Å². The molecule has 15 heavy (non-hydrogen) atoms. The Balaban J connectivity index is 2.85. The number of anilines is 1. The summed E-state index contributed by atoms with van der Waals surface area (Å²) >= 11 is 0. The van der Waals surface area contributed by atoms with Gasteiger partial charge in [-0.05, 0) is 45.7 Å². The van der Waals surface area contributed by atoms with E-state index in [0.717, 1.165) is 0 Å². The zero-order chi connectivity index (χ0) is 11.4. The van der Waals surface area contributed by atoms with Crippen molar-refractivity contribution in [1.29, 1.82) is 0 Å². The van der Waals surface area contributed by atoms with E-state index in [4.69, 9.17) is 4.74 Å². The van der Waals surface area contributed by atoms with Crippen molar-refractivity contribution in [2.45, 2.75) is 40.8 Å². The van der Waals surface area contributed by atoms with Crippen LogP contribution in [0.1, 0.15) is 30.5 Å². The summed E-state index contributed by atoms with van der Waals surface area (Å²) in [4.78, 5) is 0. The Hall–Kier alpha value is -1.02. The van der Waals surface area contributed by atoms with E-state index in [-0.39, 0.29) is 6.23 Å². The second kappa shape index (κ2) is 5.17. The quantitative estimate of drug-likeness (QED) is 0.760. The molecule has 83 valence electrons. The highest BCUT2D eigenvalue weighted by Gasteiger charge is 2.06. The molecule has 0 spiro atoms. The van der Waals surface area contributed by atoms with Crippen molar-refractivity contribution in [3.8, 4) is 0 Å². The highest BCUT2D eigenvalue weighted by molar-refractivity contribution is 5.58. The molecule has 1 aromatic rings. The van der Waals surface area contributed by atoms with Crippen LogP contribution in [0, 0.1) is 27.4 Å². The van der Waals surface area contributed by atoms with Crippen molar-refractivity contribution in [1.82, 2.24) is 0 Å². The summed E-state index contributed by atoms with van der Waals surface area (Å²) in [7, 11) is 0. The fourth-order valence-electron chi connectivity index (χ4n) is 1.85. The second-order valence-electron chi connectivity index (χ2n) is 3.93. The Labute approximate surface area is 92.6 Å². The molecule has 1 rings (SSSR count). The lowest BCUT2D eigenvalue weighted by atomic mass is 10.1. The van der Waals surface area contributed by atoms with Gasteiger partial charge in [-0.25, -0.2) is 0 Å². The largest absolute Gasteiger partial charge is 0.360 e. The van der Waals surface area contributed by atoms with Gasteiger partial charge in [-0.2, -0.15) is 0 Å². The van der Waals surface area contributed by atoms with Gasteiger partial charge in [-0.15, -0.1) is 0 Å². The van der Waals surface area contributed by atoms with Crippen LogP contribution in [0.4, 0.5) is 5.69 Å². The van der Waals surface area contributed by atoms with Crippen LogP contribution in [0.5, 0.6) is 0 Å². The molecule has 1 radical (unpaired) electrons. The molecular formula is C13H20NO. The predicted molar refractivity (Wildman–Crippen MR) is 64.8 cm³/mol. The average molecular weight is 206 g/mol. The molecule has 2 heteroatoms. The van der Waals surface area contributed by atoms with Gasteiger partial charge in [0.05, 0.1) is 6.61 Å². The van der Waals surface area contributed by atoms with Gasteiger partial charge in [-0.1, -0.05) is 17.7 Å². The number of hydrogen-bond acceptors (Lipinski definition) is 2. The predicted octanol–water partition coefficient (Wildman–Crippen LogP) is 3.57. The Morgan fingerprint density at radius 1 is 1.20 bits per heavy atom. The Morgan fingerprint density at radius 2 is 1.73 bits per heavy atom. The first-order valence-electron chi connectivity index (χ1n) is 5.32. The van der Waals surface area contributed by atoms with Crippen LogP contribution in [-0.2, 0) is 4.74 Å². The normalized spacial score (nSPS) is 12.6. The van der Waals surface area contributed by atoms with Crippen LogP contribution in [0.25, 0.3) is 0 Å². The van der Waals surface area contributed by atoms with Gasteiger partial charge in [0, 0.05) is 5.69 Å². The first-order valence-corrected chi connectivity index (χ1v) is 5.32. The molecule has 0 aromatic heterocycles. The fourth-order valence-corrected chi connectivity index (χ4v) is 1.85. The summed E-state index contributed by atoms with van der Waals surface area (Å²) in [6.07, 6.45) is 0.00936. The molecule has 0 aliphatic carbocycles. The maximum Gasteiger partial charge on any atom is 0.125 e. The minimum Gasteiger partial charge on any atom is -0.360 e. The van der Waals surface area contributed by atoms with E-state index in [2.05, 4.69) is 38.2 Å². The summed E-state index contributed by atoms with van der Waals surface area (Å²) in [6, 6.07) is 4.36. The van der Waals surface area contributed by atoms with E-state index in [9.17, 15) is 0 Å². The first kappa shape index (κ1) is 12.1. The SMILES string of the molecule is C[CH]OC(C)Nc1c(C)cc(C)cc1C. The van der Waals surface area contributed by atoms with Gasteiger partial charge in [0.25, 0.3) is 0 Å². The van der Waals surface area contributed by atoms with Crippen LogP contribution in [0.2, 0.25) is 0 Å². The smallest absolute Gasteiger partial charge is 0.125 e. The van der Waals surface area contributed by atoms with Crippen LogP contribution in [-0.4, -0.2) is 6.23 Å². The van der Waals surface area contributed by atoms with E-state index in [1.165, 1.54) is 22.4 Å². The highest BCUT2D eigenvalue weighted by Crippen LogP contribution is 2.22. The van der Waals surface area contributed by atoms with Crippen molar-refractivity contribution < 1.29 is 4.74 Å². The summed E-state index contributed by atoms with van der Waals surface area (Å²) in [6.45, 7) is 11.9. The molecule has 0 amide bonds. The molecule has 0 saturated heterocycles. The minimum absolute atomic E-state index is 0.00936. The zero-order valence-electron chi connectivity index (χ0n) is 10.2. The number of benzene rings is 1. The monoisotopic (exact) mass is 206 g/mol. The van der Waals surface area contributed by atoms with Crippen molar-refractivity contribution in [2.75, 3.05) is 5.32 Å². The van der Waals surface area contributed by atoms with Gasteiger partial charge >= 0.3 is 0 Å². The maximum atomic E-state index is 5.35. The average Bonchev–Trinajstić information content (AvgIpc) is 2.11. The van der Waals surface area contributed by atoms with Gasteiger partial charge < -0.3 is 10.1 Å². The summed E-state index contributed by atoms with van der Waals surface area (Å²) in [5, 5.41) is 3.35. The lowest BCUT2D eigenvalue weighted by molar-refractivity contribution is 0.147. The molecule has 0 heterocycles. The molecule has 0 saturated carbocycles. The summed E-state index contributed by atoms with van der Waals surface area (Å²) in [5.41, 5.74) is 5.00. The Morgan fingerprint density at radius 3 is 2.20 bits per heavy atom. The van der Waals surface area contributed by atoms with Crippen molar-refractivity contribution in [3.05, 3.63) is 35.4 Å². The molecule has 1 unspecified atom stereocenters. The molecule has 0 aliphatic rings. The molecule has 1 N–H and O–H groups in total. The molecular weight excluding hydrogens is 186 g/mol. The maximum absolute atomic E-state index is 5.35. The van der Waals surface area contributed by atoms with Crippen LogP contribution in [0.15, 0.2) is 12.1 Å². The zero-order valence-corrected chi connectivity index (χ0v) is 10.2. The van der Waals surface area contributed by atoms with Crippen LogP contribution in [0.3, 0.4) is 0 Å². The van der Waals surface area contributed by atoms with E-state index in [0.29, 0.717) is 0 Å². The van der Waals surface area contributed by atoms with E-state index < -0.39 is 0 Å². The van der Waals surface area contributed by atoms with Crippen molar-refractivity contribution >= 4 is 5.69 Å². The lowest BCUT2D eigenvalue weighted by Gasteiger charge is -2.19. The van der Waals surface area contributed by atoms with Gasteiger partial charge in [0.15, 0.2) is 0 Å². The van der Waals surface area contributed by atoms with E-state index in [1.54, 1.807) is 6.61 Å². The second-order valence-corrected chi connectivity index (χ2v) is 3.93. The summed E-state index contributed by atoms with van der Waals surface area (Å²) < 4.78 is 5.35. The molecule has 0 fully saturated rings. The molecule has 0 aliphatic heterocycles. The molecule has 1 atom stereocenters. The molecule has 1 aromatic carbocycles. The van der Waals surface area contributed by atoms with Gasteiger partial charge in [0.2, 0.25) is 0 Å². The highest BCUT2D eigenvalue weighted by atomic mass is 16.5. The third kappa shape index (κ3) is 3.24. The van der Waals surface area contributed by atoms with Crippen molar-refractivity contribution in [2.24, 2.45) is 0 Å². The molecule has 0 bridgehead atoms. The van der Waals surface area contributed by atoms with Crippen LogP contribution >= 0.6 is 0 Å². The minimum atomic E-state index is 0.00936. The fraction of sp³-hybridized carbons (Fsp3) is 0.462. The third-order valence-corrected chi connectivity index (χ3v) is 2.36. The standard InChI is InChI=1S/C13H20NO/c1-6-15-12(5)14-13-10(3)7-9(2)8-11(13)4/h6-8,12,14H,1-5H3. The van der Waals surface area contributed by atoms with Crippen molar-refractivity contribution in [3.63, 3.8) is 0 Å². The lowest BCUT2D eigenvalue weighted by Crippen LogP contribution is -2.18. The Kier molecular flexibility index (Phi) is 4.15. The number of nitrogens with one attached hydrogen (secondary N) is 1. The number of rotatable bonds is 4. The number of aryl methyl sites for hydroxylation is 3. The first-order chi connectivity index (χ1) is 7.04. The third-order valence-electron chi connectivity index (χ3n) is 2.36. The topological polar surface area (TPSA) is 21.3 Å². The van der Waals surface area contributed by atoms with Gasteiger partial charge in [-0.3, -0.25) is 0 Å². The van der Waals surface area contributed by atoms with Gasteiger partial charge in [0.1, 0.15) is 6.23 Å². The molecule has 2 nitrogen and oxygen atoms in total. The van der Waals surface area contributed by atoms with Crippen LogP contribution < -0.4 is 5.32 Å². The number of ether oxygens (including phenoxy) is 1. The Bertz CT molecular complexity index is 310. The number of hydrogen-bond donors (Lipinski definition) is 1. The van der Waals surface area contributed by atoms with E-state index in [1.807, 2.05) is 13.8 Å².